The highest BCUT2D eigenvalue weighted by Gasteiger charge is 2.35. The molecule has 6 heteroatoms. The van der Waals surface area contributed by atoms with Crippen LogP contribution in [0.4, 0.5) is 0 Å². The van der Waals surface area contributed by atoms with Gasteiger partial charge in [-0.1, -0.05) is 34.7 Å². The molecule has 2 amide bonds. The first-order valence-corrected chi connectivity index (χ1v) is 10.9. The Morgan fingerprint density at radius 1 is 0.731 bits per heavy atom. The monoisotopic (exact) mass is 400 g/mol. The first kappa shape index (κ1) is 25.1. The molecule has 0 aliphatic carbocycles. The quantitative estimate of drug-likeness (QED) is 0.384. The average molecular weight is 401 g/mol. The third-order valence-electron chi connectivity index (χ3n) is 3.52. The maximum absolute atomic E-state index is 11.6. The minimum Gasteiger partial charge on any atom is -0.348 e. The zero-order valence-electron chi connectivity index (χ0n) is 17.6. The molecule has 0 bridgehead atoms. The minimum atomic E-state index is -0.316. The summed E-state index contributed by atoms with van der Waals surface area (Å²) in [5, 5.41) is 5.98. The maximum Gasteiger partial charge on any atom is 0.243 e. The Balaban J connectivity index is 4.81. The normalized spacial score (nSPS) is 13.1. The number of carbonyl (C=O) groups is 2. The van der Waals surface area contributed by atoms with Gasteiger partial charge in [-0.25, -0.2) is 0 Å². The van der Waals surface area contributed by atoms with E-state index in [9.17, 15) is 9.59 Å². The Hall–Kier alpha value is -0.880. The summed E-state index contributed by atoms with van der Waals surface area (Å²) in [6, 6.07) is 0. The van der Waals surface area contributed by atoms with Crippen LogP contribution in [-0.2, 0) is 9.59 Å². The van der Waals surface area contributed by atoms with Gasteiger partial charge in [-0.15, -0.1) is 0 Å². The molecule has 0 aliphatic rings. The van der Waals surface area contributed by atoms with E-state index in [-0.39, 0.29) is 32.4 Å². The molecular formula is C20H36N2O2S2. The van der Waals surface area contributed by atoms with Crippen molar-refractivity contribution in [1.82, 2.24) is 10.6 Å². The Morgan fingerprint density at radius 2 is 1.00 bits per heavy atom. The largest absolute Gasteiger partial charge is 0.348 e. The van der Waals surface area contributed by atoms with Crippen molar-refractivity contribution >= 4 is 33.4 Å². The molecule has 0 unspecified atom stereocenters. The summed E-state index contributed by atoms with van der Waals surface area (Å²) in [7, 11) is 3.64. The molecule has 26 heavy (non-hydrogen) atoms. The average Bonchev–Trinajstić information content (AvgIpc) is 2.41. The zero-order chi connectivity index (χ0) is 20.8. The van der Waals surface area contributed by atoms with Gasteiger partial charge in [0.25, 0.3) is 0 Å². The Morgan fingerprint density at radius 3 is 1.23 bits per heavy atom. The van der Waals surface area contributed by atoms with Crippen molar-refractivity contribution < 1.29 is 9.59 Å². The van der Waals surface area contributed by atoms with Crippen LogP contribution in [0.25, 0.3) is 0 Å². The summed E-state index contributed by atoms with van der Waals surface area (Å²) in [6.45, 7) is 23.9. The number of carbonyl (C=O) groups excluding carboxylic acids is 2. The van der Waals surface area contributed by atoms with Gasteiger partial charge in [0, 0.05) is 20.6 Å². The molecule has 0 heterocycles. The van der Waals surface area contributed by atoms with Crippen molar-refractivity contribution in [3.63, 3.8) is 0 Å². The number of nitrogens with one attached hydrogen (secondary N) is 2. The molecule has 0 aliphatic heterocycles. The summed E-state index contributed by atoms with van der Waals surface area (Å²) in [4.78, 5) is 23.2. The molecule has 0 aromatic carbocycles. The van der Waals surface area contributed by atoms with Crippen LogP contribution < -0.4 is 10.6 Å². The molecule has 0 spiro atoms. The second-order valence-electron chi connectivity index (χ2n) is 9.19. The van der Waals surface area contributed by atoms with Crippen molar-refractivity contribution in [3.05, 3.63) is 25.3 Å². The van der Waals surface area contributed by atoms with Gasteiger partial charge in [0.05, 0.1) is 0 Å². The van der Waals surface area contributed by atoms with Crippen LogP contribution in [0.2, 0.25) is 0 Å². The van der Waals surface area contributed by atoms with Crippen molar-refractivity contribution in [2.75, 3.05) is 0 Å². The molecular weight excluding hydrogens is 364 g/mol. The standard InChI is InChI=1S/C20H36N2O2S2/c1-11-15(23)21-17(3,4)13-19(7,8)25-26-20(9,10)14-18(5,6)22-16(24)12-2/h11-12H,1-2,13-14H2,3-10H3,(H,21,23)(H,22,24). The van der Waals surface area contributed by atoms with E-state index >= 15 is 0 Å². The lowest BCUT2D eigenvalue weighted by Gasteiger charge is -2.39. The summed E-state index contributed by atoms with van der Waals surface area (Å²) in [5.41, 5.74) is -0.632. The number of amides is 2. The van der Waals surface area contributed by atoms with Gasteiger partial charge in [0.15, 0.2) is 0 Å². The molecule has 0 aromatic heterocycles. The van der Waals surface area contributed by atoms with Crippen LogP contribution in [0.1, 0.15) is 68.2 Å². The first-order chi connectivity index (χ1) is 11.5. The van der Waals surface area contributed by atoms with Crippen LogP contribution >= 0.6 is 21.6 Å². The fourth-order valence-corrected chi connectivity index (χ4v) is 6.27. The second kappa shape index (κ2) is 9.36. The molecule has 2 N–H and O–H groups in total. The van der Waals surface area contributed by atoms with Gasteiger partial charge in [0.1, 0.15) is 0 Å². The summed E-state index contributed by atoms with van der Waals surface area (Å²) in [6.07, 6.45) is 4.26. The summed E-state index contributed by atoms with van der Waals surface area (Å²) < 4.78 is -0.0667. The molecule has 0 saturated heterocycles. The Bertz CT molecular complexity index is 490. The molecule has 4 nitrogen and oxygen atoms in total. The molecule has 0 rings (SSSR count). The molecule has 0 fully saturated rings. The van der Waals surface area contributed by atoms with Crippen molar-refractivity contribution in [3.8, 4) is 0 Å². The SMILES string of the molecule is C=CC(=O)NC(C)(C)CC(C)(C)SSC(C)(C)CC(C)(C)NC(=O)C=C. The van der Waals surface area contributed by atoms with Gasteiger partial charge < -0.3 is 10.6 Å². The minimum absolute atomic E-state index is 0.0333. The highest BCUT2D eigenvalue weighted by molar-refractivity contribution is 8.77. The van der Waals surface area contributed by atoms with Crippen LogP contribution in [0.15, 0.2) is 25.3 Å². The van der Waals surface area contributed by atoms with E-state index in [1.807, 2.05) is 49.3 Å². The van der Waals surface area contributed by atoms with E-state index in [4.69, 9.17) is 0 Å². The third kappa shape index (κ3) is 11.0. The number of hydrogen-bond donors (Lipinski definition) is 2. The van der Waals surface area contributed by atoms with E-state index in [2.05, 4.69) is 51.5 Å². The lowest BCUT2D eigenvalue weighted by molar-refractivity contribution is -0.119. The third-order valence-corrected chi connectivity index (χ3v) is 7.75. The Kier molecular flexibility index (Phi) is 9.04. The van der Waals surface area contributed by atoms with Crippen molar-refractivity contribution in [2.45, 2.75) is 88.8 Å². The predicted octanol–water partition coefficient (Wildman–Crippen LogP) is 4.87. The molecule has 0 radical (unpaired) electrons. The highest BCUT2D eigenvalue weighted by atomic mass is 33.1. The smallest absolute Gasteiger partial charge is 0.243 e. The lowest BCUT2D eigenvalue weighted by Crippen LogP contribution is -2.47. The number of rotatable bonds is 11. The van der Waals surface area contributed by atoms with Crippen molar-refractivity contribution in [1.29, 1.82) is 0 Å². The topological polar surface area (TPSA) is 58.2 Å². The second-order valence-corrected chi connectivity index (χ2v) is 12.7. The molecule has 150 valence electrons. The van der Waals surface area contributed by atoms with Gasteiger partial charge >= 0.3 is 0 Å². The fraction of sp³-hybridized carbons (Fsp3) is 0.700. The first-order valence-electron chi connectivity index (χ1n) is 8.79. The Labute approximate surface area is 167 Å². The van der Waals surface area contributed by atoms with E-state index in [1.54, 1.807) is 0 Å². The predicted molar refractivity (Wildman–Crippen MR) is 117 cm³/mol. The van der Waals surface area contributed by atoms with Crippen LogP contribution in [-0.4, -0.2) is 32.4 Å². The van der Waals surface area contributed by atoms with Gasteiger partial charge in [-0.2, -0.15) is 0 Å². The van der Waals surface area contributed by atoms with E-state index in [1.165, 1.54) is 12.2 Å². The fourth-order valence-electron chi connectivity index (χ4n) is 3.27. The van der Waals surface area contributed by atoms with Gasteiger partial charge in [-0.05, 0) is 80.4 Å². The molecule has 0 aromatic rings. The zero-order valence-corrected chi connectivity index (χ0v) is 19.2. The van der Waals surface area contributed by atoms with Crippen LogP contribution in [0.3, 0.4) is 0 Å². The van der Waals surface area contributed by atoms with Crippen molar-refractivity contribution in [2.24, 2.45) is 0 Å². The van der Waals surface area contributed by atoms with Gasteiger partial charge in [-0.3, -0.25) is 9.59 Å². The van der Waals surface area contributed by atoms with Crippen LogP contribution in [0.5, 0.6) is 0 Å². The van der Waals surface area contributed by atoms with Gasteiger partial charge in [0.2, 0.25) is 11.8 Å². The van der Waals surface area contributed by atoms with E-state index in [0.29, 0.717) is 0 Å². The van der Waals surface area contributed by atoms with Crippen LogP contribution in [0, 0.1) is 0 Å². The van der Waals surface area contributed by atoms with E-state index < -0.39 is 0 Å². The lowest BCUT2D eigenvalue weighted by atomic mass is 9.92. The highest BCUT2D eigenvalue weighted by Crippen LogP contribution is 2.48. The van der Waals surface area contributed by atoms with E-state index in [0.717, 1.165) is 12.8 Å². The molecule has 0 saturated carbocycles. The maximum atomic E-state index is 11.6. The number of hydrogen-bond acceptors (Lipinski definition) is 4. The summed E-state index contributed by atoms with van der Waals surface area (Å²) in [5.74, 6) is -0.299. The molecule has 0 atom stereocenters. The summed E-state index contributed by atoms with van der Waals surface area (Å²) >= 11 is 0.